The second-order valence-electron chi connectivity index (χ2n) is 5.46. The molecule has 0 unspecified atom stereocenters. The highest BCUT2D eigenvalue weighted by Crippen LogP contribution is 2.31. The van der Waals surface area contributed by atoms with Crippen LogP contribution in [0.1, 0.15) is 17.1 Å². The van der Waals surface area contributed by atoms with Gasteiger partial charge in [-0.3, -0.25) is 4.79 Å². The molecule has 1 amide bonds. The number of nitrogens with one attached hydrogen (secondary N) is 2. The van der Waals surface area contributed by atoms with E-state index in [0.29, 0.717) is 23.1 Å². The van der Waals surface area contributed by atoms with Gasteiger partial charge in [0.15, 0.2) is 5.76 Å². The van der Waals surface area contributed by atoms with Crippen molar-refractivity contribution in [1.29, 1.82) is 0 Å². The number of carbonyl (C=O) groups is 1. The zero-order chi connectivity index (χ0) is 17.1. The van der Waals surface area contributed by atoms with Gasteiger partial charge in [0.05, 0.1) is 17.3 Å². The number of ether oxygens (including phenoxy) is 1. The van der Waals surface area contributed by atoms with Crippen LogP contribution in [0.15, 0.2) is 28.8 Å². The predicted octanol–water partition coefficient (Wildman–Crippen LogP) is 2.27. The maximum absolute atomic E-state index is 10.7. The molecule has 3 rings (SSSR count). The number of benzene rings is 1. The second kappa shape index (κ2) is 6.94. The van der Waals surface area contributed by atoms with Gasteiger partial charge in [0.2, 0.25) is 5.91 Å². The summed E-state index contributed by atoms with van der Waals surface area (Å²) in [4.78, 5) is 14.0. The van der Waals surface area contributed by atoms with Gasteiger partial charge in [-0.25, -0.2) is 0 Å². The Hall–Kier alpha value is -2.51. The molecular formula is C16H17ClN4O3. The number of nitrogens with two attached hydrogens (primary N) is 1. The third-order valence-electron chi connectivity index (χ3n) is 3.39. The number of hydrogen-bond acceptors (Lipinski definition) is 5. The molecule has 0 radical (unpaired) electrons. The predicted molar refractivity (Wildman–Crippen MR) is 89.8 cm³/mol. The summed E-state index contributed by atoms with van der Waals surface area (Å²) < 4.78 is 10.8. The van der Waals surface area contributed by atoms with Crippen molar-refractivity contribution in [2.75, 3.05) is 6.54 Å². The van der Waals surface area contributed by atoms with Crippen LogP contribution >= 0.6 is 11.6 Å². The molecule has 24 heavy (non-hydrogen) atoms. The Kier molecular flexibility index (Phi) is 4.73. The fourth-order valence-electron chi connectivity index (χ4n) is 2.35. The fraction of sp³-hybridized carbons (Fsp3) is 0.250. The second-order valence-corrected chi connectivity index (χ2v) is 5.86. The smallest absolute Gasteiger partial charge is 0.231 e. The molecule has 0 atom stereocenters. The summed E-state index contributed by atoms with van der Waals surface area (Å²) in [6, 6.07) is 7.42. The number of nitrogens with zero attached hydrogens (tertiary/aromatic N) is 1. The van der Waals surface area contributed by atoms with Gasteiger partial charge in [-0.2, -0.15) is 0 Å². The Morgan fingerprint density at radius 3 is 2.96 bits per heavy atom. The SMILES string of the molecule is Cc1cc(COc2cc3[nH]c(CNCC(N)=O)cc3cc2Cl)on1. The summed E-state index contributed by atoms with van der Waals surface area (Å²) in [6.07, 6.45) is 0. The number of aromatic nitrogens is 2. The van der Waals surface area contributed by atoms with Crippen molar-refractivity contribution >= 4 is 28.4 Å². The molecule has 1 aromatic carbocycles. The van der Waals surface area contributed by atoms with E-state index in [2.05, 4.69) is 15.5 Å². The summed E-state index contributed by atoms with van der Waals surface area (Å²) in [6.45, 7) is 2.72. The van der Waals surface area contributed by atoms with Crippen LogP contribution in [0, 0.1) is 6.92 Å². The summed E-state index contributed by atoms with van der Waals surface area (Å²) in [5.74, 6) is 0.788. The van der Waals surface area contributed by atoms with Crippen LogP contribution in [0.25, 0.3) is 10.9 Å². The minimum Gasteiger partial charge on any atom is -0.484 e. The standard InChI is InChI=1S/C16H17ClN4O3/c1-9-2-12(24-21-9)8-23-15-5-14-10(4-13(15)17)3-11(20-14)6-19-7-16(18)22/h2-5,19-20H,6-8H2,1H3,(H2,18,22). The number of amides is 1. The average molecular weight is 349 g/mol. The van der Waals surface area contributed by atoms with E-state index in [0.717, 1.165) is 22.3 Å². The average Bonchev–Trinajstić information content (AvgIpc) is 3.10. The molecule has 0 aliphatic rings. The number of fused-ring (bicyclic) bond motifs is 1. The minimum atomic E-state index is -0.396. The molecular weight excluding hydrogens is 332 g/mol. The van der Waals surface area contributed by atoms with Crippen LogP contribution in [0.2, 0.25) is 5.02 Å². The van der Waals surface area contributed by atoms with Gasteiger partial charge in [0.25, 0.3) is 0 Å². The summed E-state index contributed by atoms with van der Waals surface area (Å²) in [7, 11) is 0. The van der Waals surface area contributed by atoms with E-state index >= 15 is 0 Å². The van der Waals surface area contributed by atoms with E-state index in [-0.39, 0.29) is 13.2 Å². The number of carbonyl (C=O) groups excluding carboxylic acids is 1. The summed E-state index contributed by atoms with van der Waals surface area (Å²) in [5.41, 5.74) is 7.70. The quantitative estimate of drug-likeness (QED) is 0.607. The monoisotopic (exact) mass is 348 g/mol. The maximum Gasteiger partial charge on any atom is 0.231 e. The summed E-state index contributed by atoms with van der Waals surface area (Å²) >= 11 is 6.27. The van der Waals surface area contributed by atoms with Crippen LogP contribution in [0.5, 0.6) is 5.75 Å². The molecule has 4 N–H and O–H groups in total. The molecule has 8 heteroatoms. The highest BCUT2D eigenvalue weighted by atomic mass is 35.5. The lowest BCUT2D eigenvalue weighted by Crippen LogP contribution is -2.28. The first-order valence-electron chi connectivity index (χ1n) is 7.36. The van der Waals surface area contributed by atoms with Crippen molar-refractivity contribution in [2.45, 2.75) is 20.1 Å². The molecule has 0 aliphatic carbocycles. The highest BCUT2D eigenvalue weighted by Gasteiger charge is 2.09. The molecule has 7 nitrogen and oxygen atoms in total. The number of primary amides is 1. The fourth-order valence-corrected chi connectivity index (χ4v) is 2.58. The van der Waals surface area contributed by atoms with Crippen LogP contribution in [-0.2, 0) is 17.9 Å². The number of halogens is 1. The Morgan fingerprint density at radius 1 is 1.42 bits per heavy atom. The Balaban J connectivity index is 1.72. The highest BCUT2D eigenvalue weighted by molar-refractivity contribution is 6.32. The largest absolute Gasteiger partial charge is 0.484 e. The van der Waals surface area contributed by atoms with E-state index in [4.69, 9.17) is 26.6 Å². The zero-order valence-corrected chi connectivity index (χ0v) is 13.8. The maximum atomic E-state index is 10.7. The lowest BCUT2D eigenvalue weighted by atomic mass is 10.2. The topological polar surface area (TPSA) is 106 Å². The van der Waals surface area contributed by atoms with Crippen molar-refractivity contribution in [2.24, 2.45) is 5.73 Å². The van der Waals surface area contributed by atoms with Crippen molar-refractivity contribution in [3.63, 3.8) is 0 Å². The minimum absolute atomic E-state index is 0.126. The lowest BCUT2D eigenvalue weighted by Gasteiger charge is -2.06. The number of rotatable bonds is 7. The Morgan fingerprint density at radius 2 is 2.25 bits per heavy atom. The van der Waals surface area contributed by atoms with Crippen LogP contribution in [0.3, 0.4) is 0 Å². The molecule has 2 heterocycles. The lowest BCUT2D eigenvalue weighted by molar-refractivity contribution is -0.117. The van der Waals surface area contributed by atoms with E-state index in [1.54, 1.807) is 0 Å². The van der Waals surface area contributed by atoms with Crippen molar-refractivity contribution in [3.05, 3.63) is 46.4 Å². The molecule has 0 saturated heterocycles. The van der Waals surface area contributed by atoms with E-state index in [1.807, 2.05) is 31.2 Å². The Bertz CT molecular complexity index is 871. The van der Waals surface area contributed by atoms with Gasteiger partial charge < -0.3 is 25.3 Å². The van der Waals surface area contributed by atoms with Gasteiger partial charge in [-0.1, -0.05) is 16.8 Å². The van der Waals surface area contributed by atoms with E-state index < -0.39 is 5.91 Å². The van der Waals surface area contributed by atoms with Crippen LogP contribution in [0.4, 0.5) is 0 Å². The molecule has 0 spiro atoms. The zero-order valence-electron chi connectivity index (χ0n) is 13.1. The number of aromatic amines is 1. The van der Waals surface area contributed by atoms with Crippen molar-refractivity contribution in [3.8, 4) is 5.75 Å². The van der Waals surface area contributed by atoms with E-state index in [9.17, 15) is 4.79 Å². The first-order chi connectivity index (χ1) is 11.5. The third kappa shape index (κ3) is 3.87. The molecule has 0 aliphatic heterocycles. The number of H-pyrrole nitrogens is 1. The Labute approximate surface area is 143 Å². The molecule has 126 valence electrons. The first-order valence-corrected chi connectivity index (χ1v) is 7.74. The summed E-state index contributed by atoms with van der Waals surface area (Å²) in [5, 5.41) is 8.23. The molecule has 0 bridgehead atoms. The number of aryl methyl sites for hydroxylation is 1. The number of hydrogen-bond donors (Lipinski definition) is 3. The molecule has 0 fully saturated rings. The van der Waals surface area contributed by atoms with Gasteiger partial charge in [0, 0.05) is 35.3 Å². The third-order valence-corrected chi connectivity index (χ3v) is 3.69. The molecule has 0 saturated carbocycles. The van der Waals surface area contributed by atoms with Gasteiger partial charge in [-0.05, 0) is 19.1 Å². The van der Waals surface area contributed by atoms with Gasteiger partial charge in [-0.15, -0.1) is 0 Å². The van der Waals surface area contributed by atoms with Crippen LogP contribution < -0.4 is 15.8 Å². The van der Waals surface area contributed by atoms with Crippen molar-refractivity contribution < 1.29 is 14.1 Å². The first kappa shape index (κ1) is 16.4. The van der Waals surface area contributed by atoms with Gasteiger partial charge >= 0.3 is 0 Å². The van der Waals surface area contributed by atoms with Crippen LogP contribution in [-0.4, -0.2) is 22.6 Å². The van der Waals surface area contributed by atoms with Crippen molar-refractivity contribution in [1.82, 2.24) is 15.5 Å². The van der Waals surface area contributed by atoms with Gasteiger partial charge in [0.1, 0.15) is 12.4 Å². The molecule has 2 aromatic heterocycles. The normalized spacial score (nSPS) is 11.1. The van der Waals surface area contributed by atoms with E-state index in [1.165, 1.54) is 0 Å². The molecule has 3 aromatic rings.